The number of carbonyl (C=O) groups excluding carboxylic acids is 1. The summed E-state index contributed by atoms with van der Waals surface area (Å²) >= 11 is 1.98. The number of Topliss-reactive ketones (excluding diaryl/α,β-unsaturated/α-hetero) is 1. The van der Waals surface area contributed by atoms with Gasteiger partial charge in [0.25, 0.3) is 0 Å². The quantitative estimate of drug-likeness (QED) is 0.288. The van der Waals surface area contributed by atoms with Crippen LogP contribution in [0.5, 0.6) is 0 Å². The van der Waals surface area contributed by atoms with E-state index in [0.717, 1.165) is 37.5 Å². The number of thioether (sulfide) groups is 1. The molecule has 0 saturated heterocycles. The normalized spacial score (nSPS) is 21.2. The lowest BCUT2D eigenvalue weighted by molar-refractivity contribution is -0.120. The fourth-order valence-corrected chi connectivity index (χ4v) is 7.85. The summed E-state index contributed by atoms with van der Waals surface area (Å²) in [6.45, 7) is 10.1. The molecule has 6 heteroatoms. The summed E-state index contributed by atoms with van der Waals surface area (Å²) in [6.07, 6.45) is 7.61. The van der Waals surface area contributed by atoms with Gasteiger partial charge < -0.3 is 13.3 Å². The van der Waals surface area contributed by atoms with Crippen LogP contribution in [0.2, 0.25) is 6.04 Å². The largest absolute Gasteiger partial charge is 0.500 e. The molecule has 0 heterocycles. The summed E-state index contributed by atoms with van der Waals surface area (Å²) in [5.74, 6) is 1.85. The minimum Gasteiger partial charge on any atom is -0.374 e. The van der Waals surface area contributed by atoms with Crippen LogP contribution in [0.4, 0.5) is 0 Å². The maximum absolute atomic E-state index is 12.2. The molecular formula is C19H38O4SSi. The van der Waals surface area contributed by atoms with Crippen LogP contribution in [0.1, 0.15) is 72.6 Å². The third-order valence-electron chi connectivity index (χ3n) is 4.71. The van der Waals surface area contributed by atoms with Crippen molar-refractivity contribution in [1.29, 1.82) is 0 Å². The summed E-state index contributed by atoms with van der Waals surface area (Å²) in [5, 5.41) is 0.520. The van der Waals surface area contributed by atoms with Crippen molar-refractivity contribution in [3.05, 3.63) is 0 Å². The van der Waals surface area contributed by atoms with Gasteiger partial charge in [0.2, 0.25) is 0 Å². The average molecular weight is 391 g/mol. The zero-order chi connectivity index (χ0) is 18.5. The molecule has 0 N–H and O–H groups in total. The highest BCUT2D eigenvalue weighted by atomic mass is 32.2. The molecule has 2 atom stereocenters. The van der Waals surface area contributed by atoms with Gasteiger partial charge in [0, 0.05) is 43.5 Å². The molecule has 1 aliphatic carbocycles. The molecule has 0 bridgehead atoms. The van der Waals surface area contributed by atoms with Crippen molar-refractivity contribution in [2.45, 2.75) is 83.9 Å². The zero-order valence-electron chi connectivity index (χ0n) is 16.7. The second kappa shape index (κ2) is 13.3. The summed E-state index contributed by atoms with van der Waals surface area (Å²) in [6, 6.07) is 0.872. The fourth-order valence-electron chi connectivity index (χ4n) is 3.56. The second-order valence-electron chi connectivity index (χ2n) is 6.60. The van der Waals surface area contributed by atoms with E-state index >= 15 is 0 Å². The Bertz CT molecular complexity index is 350. The van der Waals surface area contributed by atoms with Crippen molar-refractivity contribution in [3.8, 4) is 0 Å². The highest BCUT2D eigenvalue weighted by Gasteiger charge is 2.40. The van der Waals surface area contributed by atoms with Gasteiger partial charge in [-0.05, 0) is 45.8 Å². The van der Waals surface area contributed by atoms with E-state index in [-0.39, 0.29) is 0 Å². The molecule has 4 nitrogen and oxygen atoms in total. The number of unbranched alkanes of at least 4 members (excludes halogenated alkanes) is 2. The van der Waals surface area contributed by atoms with Crippen molar-refractivity contribution in [2.24, 2.45) is 5.92 Å². The molecule has 148 valence electrons. The molecule has 25 heavy (non-hydrogen) atoms. The average Bonchev–Trinajstić information content (AvgIpc) is 2.93. The van der Waals surface area contributed by atoms with Gasteiger partial charge in [0.15, 0.2) is 0 Å². The molecule has 1 rings (SSSR count). The third kappa shape index (κ3) is 8.12. The molecule has 0 aromatic carbocycles. The van der Waals surface area contributed by atoms with Crippen LogP contribution >= 0.6 is 11.8 Å². The minimum atomic E-state index is -2.51. The lowest BCUT2D eigenvalue weighted by Crippen LogP contribution is -2.46. The summed E-state index contributed by atoms with van der Waals surface area (Å²) < 4.78 is 17.8. The van der Waals surface area contributed by atoms with Crippen molar-refractivity contribution in [2.75, 3.05) is 25.6 Å². The number of hydrogen-bond acceptors (Lipinski definition) is 5. The molecule has 1 fully saturated rings. The van der Waals surface area contributed by atoms with Gasteiger partial charge in [-0.15, -0.1) is 0 Å². The van der Waals surface area contributed by atoms with Crippen LogP contribution < -0.4 is 0 Å². The smallest absolute Gasteiger partial charge is 0.374 e. The second-order valence-corrected chi connectivity index (χ2v) is 10.7. The van der Waals surface area contributed by atoms with E-state index in [9.17, 15) is 4.79 Å². The van der Waals surface area contributed by atoms with E-state index in [0.29, 0.717) is 36.8 Å². The highest BCUT2D eigenvalue weighted by molar-refractivity contribution is 7.99. The first-order valence-electron chi connectivity index (χ1n) is 10.2. The molecule has 1 saturated carbocycles. The predicted molar refractivity (Wildman–Crippen MR) is 108 cm³/mol. The van der Waals surface area contributed by atoms with E-state index in [4.69, 9.17) is 13.3 Å². The number of ketones is 1. The Morgan fingerprint density at radius 2 is 1.64 bits per heavy atom. The first kappa shape index (κ1) is 23.2. The van der Waals surface area contributed by atoms with Gasteiger partial charge >= 0.3 is 8.80 Å². The van der Waals surface area contributed by atoms with E-state index in [1.54, 1.807) is 0 Å². The SMILES string of the molecule is CCCCCC1C(=O)CCC1SCCC[Si](OCC)(OCC)OCC. The lowest BCUT2D eigenvalue weighted by Gasteiger charge is -2.28. The predicted octanol–water partition coefficient (Wildman–Crippen LogP) is 5.09. The van der Waals surface area contributed by atoms with Crippen LogP contribution in [-0.2, 0) is 18.1 Å². The van der Waals surface area contributed by atoms with Crippen LogP contribution in [0, 0.1) is 5.92 Å². The Hall–Kier alpha value is 0.117. The molecule has 1 aliphatic rings. The van der Waals surface area contributed by atoms with Gasteiger partial charge in [-0.3, -0.25) is 4.79 Å². The summed E-state index contributed by atoms with van der Waals surface area (Å²) in [4.78, 5) is 12.2. The topological polar surface area (TPSA) is 44.8 Å². The molecule has 0 aromatic rings. The first-order valence-corrected chi connectivity index (χ1v) is 13.2. The molecule has 0 aromatic heterocycles. The minimum absolute atomic E-state index is 0.296. The van der Waals surface area contributed by atoms with Crippen molar-refractivity contribution < 1.29 is 18.1 Å². The van der Waals surface area contributed by atoms with Crippen LogP contribution in [-0.4, -0.2) is 45.4 Å². The van der Waals surface area contributed by atoms with Crippen molar-refractivity contribution in [3.63, 3.8) is 0 Å². The van der Waals surface area contributed by atoms with Gasteiger partial charge in [0.05, 0.1) is 0 Å². The van der Waals surface area contributed by atoms with E-state index in [2.05, 4.69) is 6.92 Å². The van der Waals surface area contributed by atoms with E-state index < -0.39 is 8.80 Å². The number of rotatable bonds is 15. The molecule has 0 amide bonds. The Kier molecular flexibility index (Phi) is 12.3. The van der Waals surface area contributed by atoms with Gasteiger partial charge in [0.1, 0.15) is 5.78 Å². The van der Waals surface area contributed by atoms with Crippen LogP contribution in [0.25, 0.3) is 0 Å². The lowest BCUT2D eigenvalue weighted by atomic mass is 9.99. The number of carbonyl (C=O) groups is 1. The van der Waals surface area contributed by atoms with Crippen molar-refractivity contribution >= 4 is 26.3 Å². The third-order valence-corrected chi connectivity index (χ3v) is 9.38. The van der Waals surface area contributed by atoms with Crippen LogP contribution in [0.3, 0.4) is 0 Å². The molecule has 0 aliphatic heterocycles. The maximum atomic E-state index is 12.2. The Morgan fingerprint density at radius 3 is 2.20 bits per heavy atom. The maximum Gasteiger partial charge on any atom is 0.500 e. The first-order chi connectivity index (χ1) is 12.1. The van der Waals surface area contributed by atoms with Gasteiger partial charge in [-0.2, -0.15) is 11.8 Å². The zero-order valence-corrected chi connectivity index (χ0v) is 18.5. The highest BCUT2D eigenvalue weighted by Crippen LogP contribution is 2.36. The standard InChI is InChI=1S/C19H38O4SSi/c1-5-9-10-12-17-18(20)13-14-19(17)24-15-11-16-25(21-6-2,22-7-3)23-8-4/h17,19H,5-16H2,1-4H3. The molecule has 0 radical (unpaired) electrons. The summed E-state index contributed by atoms with van der Waals surface area (Å²) in [5.41, 5.74) is 0. The molecule has 0 spiro atoms. The van der Waals surface area contributed by atoms with E-state index in [1.165, 1.54) is 19.3 Å². The Morgan fingerprint density at radius 1 is 1.00 bits per heavy atom. The van der Waals surface area contributed by atoms with Crippen LogP contribution in [0.15, 0.2) is 0 Å². The van der Waals surface area contributed by atoms with Gasteiger partial charge in [-0.1, -0.05) is 26.2 Å². The monoisotopic (exact) mass is 390 g/mol. The fraction of sp³-hybridized carbons (Fsp3) is 0.947. The van der Waals surface area contributed by atoms with Crippen molar-refractivity contribution in [1.82, 2.24) is 0 Å². The Labute approximate surface area is 160 Å². The molecular weight excluding hydrogens is 352 g/mol. The van der Waals surface area contributed by atoms with Gasteiger partial charge in [-0.25, -0.2) is 0 Å². The summed E-state index contributed by atoms with van der Waals surface area (Å²) in [7, 11) is -2.51. The number of hydrogen-bond donors (Lipinski definition) is 0. The Balaban J connectivity index is 2.41. The van der Waals surface area contributed by atoms with E-state index in [1.807, 2.05) is 32.5 Å². The molecule has 2 unspecified atom stereocenters.